The van der Waals surface area contributed by atoms with Gasteiger partial charge in [0, 0.05) is 16.5 Å². The van der Waals surface area contributed by atoms with Gasteiger partial charge in [-0.3, -0.25) is 9.59 Å². The van der Waals surface area contributed by atoms with Crippen LogP contribution in [0.25, 0.3) is 16.5 Å². The van der Waals surface area contributed by atoms with Crippen molar-refractivity contribution in [1.29, 1.82) is 0 Å². The maximum Gasteiger partial charge on any atom is 0.234 e. The number of nitrogens with one attached hydrogen (secondary N) is 1. The monoisotopic (exact) mass is 223 g/mol. The van der Waals surface area contributed by atoms with Crippen LogP contribution in [-0.2, 0) is 9.59 Å². The molecule has 0 radical (unpaired) electrons. The minimum absolute atomic E-state index is 0.425. The Morgan fingerprint density at radius 1 is 1.06 bits per heavy atom. The van der Waals surface area contributed by atoms with Gasteiger partial charge in [0.05, 0.1) is 5.69 Å². The molecule has 1 aromatic carbocycles. The minimum atomic E-state index is -0.471. The molecule has 1 aromatic heterocycles. The number of carbonyl (C=O) groups is 2. The van der Waals surface area contributed by atoms with Crippen LogP contribution >= 0.6 is 0 Å². The van der Waals surface area contributed by atoms with E-state index >= 15 is 0 Å². The molecule has 1 N–H and O–H groups in total. The number of hydrogen-bond acceptors (Lipinski definition) is 2. The number of fused-ring (bicyclic) bond motifs is 1. The van der Waals surface area contributed by atoms with Crippen molar-refractivity contribution in [2.45, 2.75) is 0 Å². The zero-order valence-corrected chi connectivity index (χ0v) is 8.94. The topological polar surface area (TPSA) is 49.9 Å². The molecule has 0 bridgehead atoms. The minimum Gasteiger partial charge on any atom is -0.354 e. The Morgan fingerprint density at radius 2 is 1.88 bits per heavy atom. The predicted octanol–water partition coefficient (Wildman–Crippen LogP) is 2.26. The molecule has 0 saturated heterocycles. The number of hydrogen-bond donors (Lipinski definition) is 1. The number of aromatic amines is 1. The Bertz CT molecular complexity index is 656. The van der Waals surface area contributed by atoms with Gasteiger partial charge in [0.25, 0.3) is 0 Å². The van der Waals surface area contributed by atoms with E-state index in [1.54, 1.807) is 12.2 Å². The lowest BCUT2D eigenvalue weighted by Gasteiger charge is -2.04. The van der Waals surface area contributed by atoms with Crippen LogP contribution in [0, 0.1) is 0 Å². The fourth-order valence-electron chi connectivity index (χ4n) is 1.95. The number of ketones is 2. The van der Waals surface area contributed by atoms with E-state index in [4.69, 9.17) is 0 Å². The summed E-state index contributed by atoms with van der Waals surface area (Å²) in [6, 6.07) is 9.63. The summed E-state index contributed by atoms with van der Waals surface area (Å²) in [5.74, 6) is -0.930. The van der Waals surface area contributed by atoms with Crippen molar-refractivity contribution in [3.05, 3.63) is 54.3 Å². The summed E-state index contributed by atoms with van der Waals surface area (Å²) < 4.78 is 0. The van der Waals surface area contributed by atoms with Crippen molar-refractivity contribution in [2.75, 3.05) is 0 Å². The van der Waals surface area contributed by atoms with Crippen LogP contribution in [0.15, 0.2) is 48.6 Å². The third-order valence-electron chi connectivity index (χ3n) is 2.80. The molecular weight excluding hydrogens is 214 g/mol. The van der Waals surface area contributed by atoms with Gasteiger partial charge in [0.2, 0.25) is 11.6 Å². The molecule has 0 aliphatic heterocycles. The summed E-state index contributed by atoms with van der Waals surface area (Å²) in [7, 11) is 0. The molecule has 1 aliphatic carbocycles. The maximum atomic E-state index is 11.7. The highest BCUT2D eigenvalue weighted by atomic mass is 16.2. The number of aromatic nitrogens is 1. The van der Waals surface area contributed by atoms with E-state index in [1.165, 1.54) is 6.08 Å². The number of carbonyl (C=O) groups excluding carboxylic acids is 2. The molecule has 0 amide bonds. The summed E-state index contributed by atoms with van der Waals surface area (Å²) in [5.41, 5.74) is 2.07. The number of H-pyrrole nitrogens is 1. The zero-order valence-electron chi connectivity index (χ0n) is 8.94. The van der Waals surface area contributed by atoms with Crippen LogP contribution < -0.4 is 0 Å². The summed E-state index contributed by atoms with van der Waals surface area (Å²) in [5, 5.41) is 1.03. The number of benzene rings is 1. The molecule has 0 unspecified atom stereocenters. The van der Waals surface area contributed by atoms with E-state index < -0.39 is 11.6 Å². The van der Waals surface area contributed by atoms with E-state index in [0.29, 0.717) is 11.3 Å². The first-order valence-electron chi connectivity index (χ1n) is 5.31. The quantitative estimate of drug-likeness (QED) is 0.595. The van der Waals surface area contributed by atoms with Crippen LogP contribution in [0.1, 0.15) is 5.69 Å². The van der Waals surface area contributed by atoms with Crippen molar-refractivity contribution < 1.29 is 9.59 Å². The Kier molecular flexibility index (Phi) is 2.05. The average Bonchev–Trinajstić information content (AvgIpc) is 2.76. The van der Waals surface area contributed by atoms with Crippen molar-refractivity contribution in [3.63, 3.8) is 0 Å². The highest BCUT2D eigenvalue weighted by Crippen LogP contribution is 2.23. The van der Waals surface area contributed by atoms with Crippen molar-refractivity contribution >= 4 is 28.0 Å². The third kappa shape index (κ3) is 1.52. The van der Waals surface area contributed by atoms with Gasteiger partial charge in [-0.15, -0.1) is 0 Å². The van der Waals surface area contributed by atoms with Crippen molar-refractivity contribution in [3.8, 4) is 0 Å². The molecule has 3 rings (SSSR count). The van der Waals surface area contributed by atoms with Crippen LogP contribution in [0.5, 0.6) is 0 Å². The van der Waals surface area contributed by atoms with E-state index in [0.717, 1.165) is 10.9 Å². The summed E-state index contributed by atoms with van der Waals surface area (Å²) in [6.45, 7) is 0. The van der Waals surface area contributed by atoms with Gasteiger partial charge in [0.15, 0.2) is 0 Å². The fourth-order valence-corrected chi connectivity index (χ4v) is 1.95. The van der Waals surface area contributed by atoms with Gasteiger partial charge >= 0.3 is 0 Å². The smallest absolute Gasteiger partial charge is 0.234 e. The van der Waals surface area contributed by atoms with Gasteiger partial charge in [-0.2, -0.15) is 0 Å². The second-order valence-corrected chi connectivity index (χ2v) is 3.90. The van der Waals surface area contributed by atoms with E-state index in [2.05, 4.69) is 4.98 Å². The first kappa shape index (κ1) is 9.78. The van der Waals surface area contributed by atoms with Gasteiger partial charge in [-0.05, 0) is 24.3 Å². The van der Waals surface area contributed by atoms with E-state index in [-0.39, 0.29) is 0 Å². The zero-order chi connectivity index (χ0) is 11.8. The van der Waals surface area contributed by atoms with Crippen molar-refractivity contribution in [2.24, 2.45) is 0 Å². The van der Waals surface area contributed by atoms with Crippen LogP contribution in [0.2, 0.25) is 0 Å². The van der Waals surface area contributed by atoms with Gasteiger partial charge in [0.1, 0.15) is 0 Å². The highest BCUT2D eigenvalue weighted by Gasteiger charge is 2.21. The first-order chi connectivity index (χ1) is 8.25. The molecule has 2 aromatic rings. The standard InChI is InChI=1S/C14H9NO2/c16-13-7-3-5-10(14(13)17)12-8-9-4-1-2-6-11(9)15-12/h1-8,15H. The summed E-state index contributed by atoms with van der Waals surface area (Å²) in [4.78, 5) is 26.2. The van der Waals surface area contributed by atoms with Crippen LogP contribution in [0.4, 0.5) is 0 Å². The number of allylic oxidation sites excluding steroid dienone is 4. The SMILES string of the molecule is O=C1C=CC=C(c2cc3ccccc3[nH]2)C1=O. The summed E-state index contributed by atoms with van der Waals surface area (Å²) in [6.07, 6.45) is 4.55. The lowest BCUT2D eigenvalue weighted by atomic mass is 10.00. The molecule has 1 aliphatic rings. The maximum absolute atomic E-state index is 11.7. The first-order valence-corrected chi connectivity index (χ1v) is 5.31. The van der Waals surface area contributed by atoms with Gasteiger partial charge in [-0.1, -0.05) is 24.3 Å². The Hall–Kier alpha value is -2.42. The fraction of sp³-hybridized carbons (Fsp3) is 0. The molecular formula is C14H9NO2. The lowest BCUT2D eigenvalue weighted by Crippen LogP contribution is -2.15. The van der Waals surface area contributed by atoms with Gasteiger partial charge < -0.3 is 4.98 Å². The summed E-state index contributed by atoms with van der Waals surface area (Å²) >= 11 is 0. The second-order valence-electron chi connectivity index (χ2n) is 3.90. The van der Waals surface area contributed by atoms with Gasteiger partial charge in [-0.25, -0.2) is 0 Å². The number of rotatable bonds is 1. The van der Waals surface area contributed by atoms with Crippen molar-refractivity contribution in [1.82, 2.24) is 4.98 Å². The Morgan fingerprint density at radius 3 is 2.71 bits per heavy atom. The molecule has 0 saturated carbocycles. The number of para-hydroxylation sites is 1. The Balaban J connectivity index is 2.16. The van der Waals surface area contributed by atoms with Crippen LogP contribution in [-0.4, -0.2) is 16.6 Å². The molecule has 82 valence electrons. The lowest BCUT2D eigenvalue weighted by molar-refractivity contribution is -0.130. The Labute approximate surface area is 97.4 Å². The molecule has 0 atom stereocenters. The predicted molar refractivity (Wildman–Crippen MR) is 65.4 cm³/mol. The average molecular weight is 223 g/mol. The molecule has 1 heterocycles. The molecule has 17 heavy (non-hydrogen) atoms. The normalized spacial score (nSPS) is 15.4. The third-order valence-corrected chi connectivity index (χ3v) is 2.80. The highest BCUT2D eigenvalue weighted by molar-refractivity contribution is 6.57. The second kappa shape index (κ2) is 3.56. The number of Topliss-reactive ketones (excluding diaryl/α,β-unsaturated/α-hetero) is 1. The molecule has 3 nitrogen and oxygen atoms in total. The van der Waals surface area contributed by atoms with Crippen LogP contribution in [0.3, 0.4) is 0 Å². The van der Waals surface area contributed by atoms with E-state index in [9.17, 15) is 9.59 Å². The molecule has 0 fully saturated rings. The molecule has 3 heteroatoms. The molecule has 0 spiro atoms. The largest absolute Gasteiger partial charge is 0.354 e. The van der Waals surface area contributed by atoms with E-state index in [1.807, 2.05) is 30.3 Å².